The molecule has 1 aromatic heterocycles. The second-order valence-corrected chi connectivity index (χ2v) is 10.4. The first-order valence-corrected chi connectivity index (χ1v) is 12.9. The molecule has 4 aliphatic heterocycles. The van der Waals surface area contributed by atoms with Crippen molar-refractivity contribution in [2.75, 3.05) is 42.9 Å². The highest BCUT2D eigenvalue weighted by molar-refractivity contribution is 5.43. The minimum absolute atomic E-state index is 0.274. The first-order chi connectivity index (χ1) is 16.2. The van der Waals surface area contributed by atoms with Crippen LogP contribution in [0.2, 0.25) is 0 Å². The van der Waals surface area contributed by atoms with Crippen LogP contribution in [0.5, 0.6) is 0 Å². The number of aliphatic hydroxyl groups is 1. The average Bonchev–Trinajstić information content (AvgIpc) is 3.12. The van der Waals surface area contributed by atoms with Crippen molar-refractivity contribution in [2.24, 2.45) is 0 Å². The molecule has 6 rings (SSSR count). The predicted molar refractivity (Wildman–Crippen MR) is 123 cm³/mol. The van der Waals surface area contributed by atoms with Crippen molar-refractivity contribution in [3.63, 3.8) is 0 Å². The summed E-state index contributed by atoms with van der Waals surface area (Å²) in [6, 6.07) is 2.32. The summed E-state index contributed by atoms with van der Waals surface area (Å²) in [6.45, 7) is 4.60. The highest BCUT2D eigenvalue weighted by atomic mass is 16.8. The van der Waals surface area contributed by atoms with Crippen LogP contribution in [0.4, 0.5) is 11.8 Å². The number of rotatable bonds is 5. The number of fused-ring (bicyclic) bond motifs is 1. The van der Waals surface area contributed by atoms with Gasteiger partial charge in [0.1, 0.15) is 24.1 Å². The molecule has 1 aromatic rings. The molecule has 0 unspecified atom stereocenters. The summed E-state index contributed by atoms with van der Waals surface area (Å²) in [6.07, 6.45) is 10.5. The van der Waals surface area contributed by atoms with Crippen LogP contribution in [0.25, 0.3) is 0 Å². The second-order valence-electron chi connectivity index (χ2n) is 10.4. The number of aromatic nitrogens is 2. The Bertz CT molecular complexity index is 808. The maximum Gasteiger partial charge on any atom is 0.224 e. The fraction of sp³-hybridized carbons (Fsp3) is 0.833. The van der Waals surface area contributed by atoms with E-state index in [9.17, 15) is 5.11 Å². The molecule has 0 radical (unpaired) electrons. The zero-order valence-electron chi connectivity index (χ0n) is 19.4. The molecule has 0 amide bonds. The van der Waals surface area contributed by atoms with Crippen molar-refractivity contribution in [2.45, 2.75) is 94.2 Å². The predicted octanol–water partition coefficient (Wildman–Crippen LogP) is 2.11. The molecule has 182 valence electrons. The molecule has 4 saturated heterocycles. The van der Waals surface area contributed by atoms with Gasteiger partial charge in [-0.15, -0.1) is 0 Å². The molecule has 9 nitrogen and oxygen atoms in total. The lowest BCUT2D eigenvalue weighted by Gasteiger charge is -2.41. The van der Waals surface area contributed by atoms with Crippen molar-refractivity contribution in [1.82, 2.24) is 14.9 Å². The Morgan fingerprint density at radius 2 is 1.79 bits per heavy atom. The normalized spacial score (nSPS) is 34.8. The highest BCUT2D eigenvalue weighted by Crippen LogP contribution is 2.45. The zero-order chi connectivity index (χ0) is 22.3. The summed E-state index contributed by atoms with van der Waals surface area (Å²) in [5.41, 5.74) is 0. The second kappa shape index (κ2) is 9.26. The van der Waals surface area contributed by atoms with Crippen LogP contribution in [0.15, 0.2) is 12.3 Å². The Morgan fingerprint density at radius 1 is 1.03 bits per heavy atom. The monoisotopic (exact) mass is 459 g/mol. The quantitative estimate of drug-likeness (QED) is 0.687. The van der Waals surface area contributed by atoms with Gasteiger partial charge in [0, 0.05) is 51.8 Å². The van der Waals surface area contributed by atoms with Crippen LogP contribution in [-0.2, 0) is 14.2 Å². The summed E-state index contributed by atoms with van der Waals surface area (Å²) >= 11 is 0. The molecule has 5 heterocycles. The molecule has 33 heavy (non-hydrogen) atoms. The van der Waals surface area contributed by atoms with E-state index in [0.717, 1.165) is 57.7 Å². The number of hydrogen-bond acceptors (Lipinski definition) is 9. The molecular weight excluding hydrogens is 422 g/mol. The van der Waals surface area contributed by atoms with Gasteiger partial charge in [0.25, 0.3) is 0 Å². The van der Waals surface area contributed by atoms with Crippen molar-refractivity contribution >= 4 is 11.8 Å². The van der Waals surface area contributed by atoms with Gasteiger partial charge < -0.3 is 29.5 Å². The molecule has 1 spiro atoms. The molecule has 0 aromatic carbocycles. The van der Waals surface area contributed by atoms with E-state index < -0.39 is 18.2 Å². The molecule has 1 saturated carbocycles. The van der Waals surface area contributed by atoms with Gasteiger partial charge in [-0.3, -0.25) is 4.90 Å². The lowest BCUT2D eigenvalue weighted by Crippen LogP contribution is -2.58. The van der Waals surface area contributed by atoms with Gasteiger partial charge in [0.2, 0.25) is 5.95 Å². The van der Waals surface area contributed by atoms with Crippen molar-refractivity contribution in [1.29, 1.82) is 0 Å². The van der Waals surface area contributed by atoms with Crippen LogP contribution in [0, 0.1) is 0 Å². The van der Waals surface area contributed by atoms with E-state index >= 15 is 0 Å². The van der Waals surface area contributed by atoms with E-state index in [1.807, 2.05) is 12.3 Å². The molecule has 2 N–H and O–H groups in total. The minimum atomic E-state index is -0.642. The number of nitrogens with zero attached hydrogens (tertiary/aromatic N) is 4. The van der Waals surface area contributed by atoms with Gasteiger partial charge in [0.15, 0.2) is 12.1 Å². The Hall–Kier alpha value is -1.52. The number of ether oxygens (including phenoxy) is 3. The van der Waals surface area contributed by atoms with Gasteiger partial charge in [-0.1, -0.05) is 19.3 Å². The first kappa shape index (κ1) is 22.0. The summed E-state index contributed by atoms with van der Waals surface area (Å²) in [5.74, 6) is 1.20. The third kappa shape index (κ3) is 4.58. The van der Waals surface area contributed by atoms with Crippen LogP contribution in [0.3, 0.4) is 0 Å². The third-order valence-corrected chi connectivity index (χ3v) is 7.89. The van der Waals surface area contributed by atoms with Crippen LogP contribution < -0.4 is 10.2 Å². The van der Waals surface area contributed by atoms with Crippen molar-refractivity contribution < 1.29 is 19.3 Å². The third-order valence-electron chi connectivity index (χ3n) is 7.89. The van der Waals surface area contributed by atoms with E-state index in [1.54, 1.807) is 0 Å². The number of likely N-dealkylation sites (tertiary alicyclic amines) is 1. The van der Waals surface area contributed by atoms with Crippen LogP contribution in [0.1, 0.15) is 57.8 Å². The summed E-state index contributed by atoms with van der Waals surface area (Å²) < 4.78 is 18.5. The number of aliphatic hydroxyl groups excluding tert-OH is 1. The maximum absolute atomic E-state index is 10.8. The molecular formula is C24H37N5O4. The molecule has 4 atom stereocenters. The Kier molecular flexibility index (Phi) is 6.17. The Morgan fingerprint density at radius 3 is 2.55 bits per heavy atom. The van der Waals surface area contributed by atoms with Gasteiger partial charge in [-0.05, 0) is 31.7 Å². The SMILES string of the molecule is O[C@@H]1[C@H]2OC3(CCCCC3)O[C@H]2O[C@@H]1CN1CC(Nc2nccc(N3CCCCCC3)n2)C1. The first-order valence-electron chi connectivity index (χ1n) is 12.9. The van der Waals surface area contributed by atoms with E-state index in [0.29, 0.717) is 18.5 Å². The van der Waals surface area contributed by atoms with Crippen molar-refractivity contribution in [3.8, 4) is 0 Å². The van der Waals surface area contributed by atoms with E-state index in [-0.39, 0.29) is 12.2 Å². The molecule has 0 bridgehead atoms. The fourth-order valence-electron chi connectivity index (χ4n) is 6.03. The lowest BCUT2D eigenvalue weighted by atomic mass is 9.94. The van der Waals surface area contributed by atoms with Crippen molar-refractivity contribution in [3.05, 3.63) is 12.3 Å². The van der Waals surface area contributed by atoms with Crippen LogP contribution >= 0.6 is 0 Å². The van der Waals surface area contributed by atoms with Gasteiger partial charge in [-0.2, -0.15) is 4.98 Å². The largest absolute Gasteiger partial charge is 0.387 e. The van der Waals surface area contributed by atoms with Gasteiger partial charge in [0.05, 0.1) is 6.04 Å². The van der Waals surface area contributed by atoms with E-state index in [2.05, 4.69) is 20.1 Å². The van der Waals surface area contributed by atoms with Gasteiger partial charge >= 0.3 is 0 Å². The standard InChI is InChI=1S/C24H37N5O4/c30-20-18(31-22-21(20)32-24(33-22)9-4-3-5-10-24)16-28-14-17(15-28)26-23-25-11-8-19(27-23)29-12-6-1-2-7-13-29/h8,11,17-18,20-22,30H,1-7,9-10,12-16H2,(H,25,26,27)/t18-,20+,21-,22-/m1/s1. The molecule has 5 aliphatic rings. The number of hydrogen-bond donors (Lipinski definition) is 2. The maximum atomic E-state index is 10.8. The smallest absolute Gasteiger partial charge is 0.224 e. The Labute approximate surface area is 195 Å². The molecule has 5 fully saturated rings. The summed E-state index contributed by atoms with van der Waals surface area (Å²) in [5, 5.41) is 14.3. The Balaban J connectivity index is 0.973. The summed E-state index contributed by atoms with van der Waals surface area (Å²) in [7, 11) is 0. The molecule has 1 aliphatic carbocycles. The fourth-order valence-corrected chi connectivity index (χ4v) is 6.03. The number of anilines is 2. The average molecular weight is 460 g/mol. The minimum Gasteiger partial charge on any atom is -0.387 e. The highest BCUT2D eigenvalue weighted by Gasteiger charge is 2.57. The van der Waals surface area contributed by atoms with Gasteiger partial charge in [-0.25, -0.2) is 4.98 Å². The van der Waals surface area contributed by atoms with E-state index in [4.69, 9.17) is 19.2 Å². The van der Waals surface area contributed by atoms with Crippen LogP contribution in [-0.4, -0.2) is 89.1 Å². The molecule has 9 heteroatoms. The lowest BCUT2D eigenvalue weighted by molar-refractivity contribution is -0.247. The number of nitrogens with one attached hydrogen (secondary N) is 1. The van der Waals surface area contributed by atoms with E-state index in [1.165, 1.54) is 32.1 Å². The zero-order valence-corrected chi connectivity index (χ0v) is 19.4. The topological polar surface area (TPSA) is 92.2 Å². The summed E-state index contributed by atoms with van der Waals surface area (Å²) in [4.78, 5) is 13.9.